The van der Waals surface area contributed by atoms with Gasteiger partial charge in [0.25, 0.3) is 5.69 Å². The molecular formula is C12H13FN2O5S. The van der Waals surface area contributed by atoms with Crippen molar-refractivity contribution in [2.24, 2.45) is 5.92 Å². The van der Waals surface area contributed by atoms with E-state index < -0.39 is 26.8 Å². The van der Waals surface area contributed by atoms with Crippen molar-refractivity contribution >= 4 is 27.5 Å². The third-order valence-electron chi connectivity index (χ3n) is 3.21. The summed E-state index contributed by atoms with van der Waals surface area (Å²) in [6, 6.07) is 4.21. The molecule has 1 aromatic rings. The third-order valence-corrected chi connectivity index (χ3v) is 4.08. The predicted octanol–water partition coefficient (Wildman–Crippen LogP) is 1.56. The Labute approximate surface area is 120 Å². The zero-order chi connectivity index (χ0) is 15.8. The number of carbonyl (C=O) groups excluding carboxylic acids is 1. The van der Waals surface area contributed by atoms with Crippen molar-refractivity contribution in [3.05, 3.63) is 33.9 Å². The number of hydrogen-bond donors (Lipinski definition) is 0. The highest BCUT2D eigenvalue weighted by Crippen LogP contribution is 2.30. The lowest BCUT2D eigenvalue weighted by atomic mass is 10.1. The molecule has 0 spiro atoms. The van der Waals surface area contributed by atoms with Crippen LogP contribution < -0.4 is 4.90 Å². The first-order chi connectivity index (χ1) is 9.65. The Bertz CT molecular complexity index is 704. The number of carbonyl (C=O) groups is 1. The van der Waals surface area contributed by atoms with Crippen LogP contribution in [0.25, 0.3) is 0 Å². The Morgan fingerprint density at radius 3 is 2.67 bits per heavy atom. The molecule has 1 aliphatic heterocycles. The number of halogens is 1. The smallest absolute Gasteiger partial charge is 0.302 e. The van der Waals surface area contributed by atoms with Crippen LogP contribution in [0.2, 0.25) is 0 Å². The van der Waals surface area contributed by atoms with Crippen LogP contribution in [-0.2, 0) is 15.0 Å². The summed E-state index contributed by atoms with van der Waals surface area (Å²) in [7, 11) is -4.65. The highest BCUT2D eigenvalue weighted by molar-refractivity contribution is 7.86. The molecule has 0 bridgehead atoms. The molecule has 114 valence electrons. The number of nitro groups is 1. The van der Waals surface area contributed by atoms with E-state index in [1.54, 1.807) is 13.0 Å². The molecule has 1 atom stereocenters. The normalized spacial score (nSPS) is 19.0. The van der Waals surface area contributed by atoms with Gasteiger partial charge in [-0.3, -0.25) is 14.9 Å². The molecule has 0 aromatic heterocycles. The lowest BCUT2D eigenvalue weighted by molar-refractivity contribution is -0.384. The second-order valence-corrected chi connectivity index (χ2v) is 6.47. The molecule has 0 saturated carbocycles. The van der Waals surface area contributed by atoms with E-state index in [1.807, 2.05) is 0 Å². The Balaban J connectivity index is 2.27. The molecule has 2 rings (SSSR count). The first-order valence-electron chi connectivity index (χ1n) is 6.14. The van der Waals surface area contributed by atoms with Crippen LogP contribution in [0.15, 0.2) is 18.2 Å². The van der Waals surface area contributed by atoms with E-state index in [0.717, 1.165) is 0 Å². The Kier molecular flexibility index (Phi) is 3.95. The molecule has 1 heterocycles. The summed E-state index contributed by atoms with van der Waals surface area (Å²) in [5.74, 6) is -1.74. The Hall–Kier alpha value is -2.03. The van der Waals surface area contributed by atoms with Crippen molar-refractivity contribution in [3.63, 3.8) is 0 Å². The lowest BCUT2D eigenvalue weighted by Crippen LogP contribution is -2.25. The standard InChI is InChI=1S/C12H13FN2O5S/c1-8-2-10(5-11(3-8)15(17)18)14-6-9(4-12(14)16)7-21(13,19)20/h2-3,5,9H,4,6-7H2,1H3. The fourth-order valence-electron chi connectivity index (χ4n) is 2.43. The number of anilines is 1. The molecule has 7 nitrogen and oxygen atoms in total. The van der Waals surface area contributed by atoms with Crippen LogP contribution in [0.5, 0.6) is 0 Å². The summed E-state index contributed by atoms with van der Waals surface area (Å²) < 4.78 is 34.0. The summed E-state index contributed by atoms with van der Waals surface area (Å²) in [5.41, 5.74) is 0.776. The second kappa shape index (κ2) is 5.40. The summed E-state index contributed by atoms with van der Waals surface area (Å²) in [4.78, 5) is 23.4. The fourth-order valence-corrected chi connectivity index (χ4v) is 3.21. The number of aryl methyl sites for hydroxylation is 1. The van der Waals surface area contributed by atoms with Crippen LogP contribution in [0.1, 0.15) is 12.0 Å². The highest BCUT2D eigenvalue weighted by Gasteiger charge is 2.34. The fraction of sp³-hybridized carbons (Fsp3) is 0.417. The van der Waals surface area contributed by atoms with Crippen molar-refractivity contribution in [1.82, 2.24) is 0 Å². The number of benzene rings is 1. The minimum Gasteiger partial charge on any atom is -0.312 e. The van der Waals surface area contributed by atoms with Gasteiger partial charge in [-0.25, -0.2) is 0 Å². The molecule has 9 heteroatoms. The molecule has 1 amide bonds. The maximum absolute atomic E-state index is 12.7. The highest BCUT2D eigenvalue weighted by atomic mass is 32.3. The molecule has 1 aromatic carbocycles. The maximum atomic E-state index is 12.7. The van der Waals surface area contributed by atoms with Gasteiger partial charge < -0.3 is 4.90 Å². The van der Waals surface area contributed by atoms with Crippen molar-refractivity contribution in [3.8, 4) is 0 Å². The van der Waals surface area contributed by atoms with Gasteiger partial charge in [-0.1, -0.05) is 0 Å². The van der Waals surface area contributed by atoms with E-state index in [-0.39, 0.29) is 24.6 Å². The lowest BCUT2D eigenvalue weighted by Gasteiger charge is -2.17. The summed E-state index contributed by atoms with van der Waals surface area (Å²) in [6.07, 6.45) is -0.0924. The molecule has 1 fully saturated rings. The van der Waals surface area contributed by atoms with Gasteiger partial charge in [0.15, 0.2) is 0 Å². The first-order valence-corrected chi connectivity index (χ1v) is 7.70. The van der Waals surface area contributed by atoms with E-state index in [2.05, 4.69) is 0 Å². The third kappa shape index (κ3) is 3.75. The summed E-state index contributed by atoms with van der Waals surface area (Å²) in [5, 5.41) is 10.8. The van der Waals surface area contributed by atoms with E-state index in [1.165, 1.54) is 17.0 Å². The van der Waals surface area contributed by atoms with Gasteiger partial charge in [0, 0.05) is 31.0 Å². The molecular weight excluding hydrogens is 303 g/mol. The SMILES string of the molecule is Cc1cc(N2CC(CS(=O)(=O)F)CC2=O)cc([N+](=O)[O-])c1. The number of nitrogens with zero attached hydrogens (tertiary/aromatic N) is 2. The average Bonchev–Trinajstić information content (AvgIpc) is 2.66. The van der Waals surface area contributed by atoms with Crippen LogP contribution in [0.3, 0.4) is 0 Å². The van der Waals surface area contributed by atoms with E-state index in [9.17, 15) is 27.2 Å². The first kappa shape index (κ1) is 15.4. The average molecular weight is 316 g/mol. The molecule has 1 unspecified atom stereocenters. The van der Waals surface area contributed by atoms with E-state index in [0.29, 0.717) is 11.3 Å². The second-order valence-electron chi connectivity index (χ2n) is 5.06. The van der Waals surface area contributed by atoms with E-state index in [4.69, 9.17) is 0 Å². The van der Waals surface area contributed by atoms with Crippen molar-refractivity contribution in [1.29, 1.82) is 0 Å². The quantitative estimate of drug-likeness (QED) is 0.477. The molecule has 21 heavy (non-hydrogen) atoms. The van der Waals surface area contributed by atoms with Gasteiger partial charge in [-0.15, -0.1) is 3.89 Å². The molecule has 0 N–H and O–H groups in total. The zero-order valence-electron chi connectivity index (χ0n) is 11.2. The van der Waals surface area contributed by atoms with Crippen molar-refractivity contribution in [2.75, 3.05) is 17.2 Å². The van der Waals surface area contributed by atoms with Gasteiger partial charge in [0.2, 0.25) is 5.91 Å². The number of hydrogen-bond acceptors (Lipinski definition) is 5. The van der Waals surface area contributed by atoms with Crippen molar-refractivity contribution < 1.29 is 22.0 Å². The summed E-state index contributed by atoms with van der Waals surface area (Å²) >= 11 is 0. The van der Waals surface area contributed by atoms with Gasteiger partial charge in [0.1, 0.15) is 0 Å². The Morgan fingerprint density at radius 1 is 1.43 bits per heavy atom. The maximum Gasteiger partial charge on any atom is 0.302 e. The molecule has 1 aliphatic rings. The number of non-ortho nitro benzene ring substituents is 1. The van der Waals surface area contributed by atoms with Crippen molar-refractivity contribution in [2.45, 2.75) is 13.3 Å². The van der Waals surface area contributed by atoms with Crippen LogP contribution in [-0.4, -0.2) is 31.5 Å². The number of amides is 1. The Morgan fingerprint density at radius 2 is 2.10 bits per heavy atom. The van der Waals surface area contributed by atoms with Crippen LogP contribution >= 0.6 is 0 Å². The van der Waals surface area contributed by atoms with E-state index >= 15 is 0 Å². The van der Waals surface area contributed by atoms with Gasteiger partial charge >= 0.3 is 10.2 Å². The van der Waals surface area contributed by atoms with Gasteiger partial charge in [-0.05, 0) is 18.6 Å². The number of rotatable bonds is 4. The monoisotopic (exact) mass is 316 g/mol. The van der Waals surface area contributed by atoms with Gasteiger partial charge in [0.05, 0.1) is 16.4 Å². The van der Waals surface area contributed by atoms with Crippen LogP contribution in [0, 0.1) is 23.0 Å². The number of nitro benzene ring substituents is 1. The molecule has 1 saturated heterocycles. The minimum absolute atomic E-state index is 0.0303. The topological polar surface area (TPSA) is 97.6 Å². The predicted molar refractivity (Wildman–Crippen MR) is 73.2 cm³/mol. The van der Waals surface area contributed by atoms with Crippen LogP contribution in [0.4, 0.5) is 15.3 Å². The molecule has 0 aliphatic carbocycles. The summed E-state index contributed by atoms with van der Waals surface area (Å²) in [6.45, 7) is 1.68. The zero-order valence-corrected chi connectivity index (χ0v) is 12.0. The largest absolute Gasteiger partial charge is 0.312 e. The van der Waals surface area contributed by atoms with Gasteiger partial charge in [-0.2, -0.15) is 8.42 Å². The molecule has 0 radical (unpaired) electrons. The minimum atomic E-state index is -4.65.